The number of amides is 1. The fourth-order valence-corrected chi connectivity index (χ4v) is 2.69. The van der Waals surface area contributed by atoms with Crippen LogP contribution in [-0.2, 0) is 9.53 Å². The average Bonchev–Trinajstić information content (AvgIpc) is 2.70. The van der Waals surface area contributed by atoms with Crippen LogP contribution in [0.3, 0.4) is 0 Å². The third kappa shape index (κ3) is 3.02. The lowest BCUT2D eigenvalue weighted by Crippen LogP contribution is -2.43. The number of nitrogens with zero attached hydrogens (tertiary/aromatic N) is 2. The number of anilines is 1. The van der Waals surface area contributed by atoms with Crippen LogP contribution in [0.1, 0.15) is 11.1 Å². The molecule has 0 saturated carbocycles. The van der Waals surface area contributed by atoms with E-state index in [0.29, 0.717) is 13.2 Å². The summed E-state index contributed by atoms with van der Waals surface area (Å²) in [7, 11) is 1.61. The van der Waals surface area contributed by atoms with Gasteiger partial charge in [0.2, 0.25) is 0 Å². The lowest BCUT2D eigenvalue weighted by atomic mass is 10.0. The van der Waals surface area contributed by atoms with E-state index >= 15 is 0 Å². The van der Waals surface area contributed by atoms with Crippen molar-refractivity contribution in [1.29, 1.82) is 0 Å². The Morgan fingerprint density at radius 3 is 2.57 bits per heavy atom. The number of para-hydroxylation sites is 1. The molecular weight excluding hydrogens is 290 g/mol. The van der Waals surface area contributed by atoms with E-state index in [-0.39, 0.29) is 5.91 Å². The highest BCUT2D eigenvalue weighted by atomic mass is 16.5. The highest BCUT2D eigenvalue weighted by Crippen LogP contribution is 2.27. The van der Waals surface area contributed by atoms with Gasteiger partial charge in [0.15, 0.2) is 6.17 Å². The number of carbonyl (C=O) groups excluding carboxylic acids is 1. The van der Waals surface area contributed by atoms with Crippen LogP contribution in [0.2, 0.25) is 0 Å². The molecule has 2 aromatic carbocycles. The molecule has 2 aromatic rings. The molecule has 1 heterocycles. The molecule has 0 radical (unpaired) electrons. The minimum Gasteiger partial charge on any atom is -0.383 e. The van der Waals surface area contributed by atoms with E-state index in [1.807, 2.05) is 54.6 Å². The Morgan fingerprint density at radius 2 is 1.83 bits per heavy atom. The molecule has 1 aliphatic heterocycles. The maximum atomic E-state index is 12.6. The van der Waals surface area contributed by atoms with Gasteiger partial charge in [-0.05, 0) is 6.07 Å². The van der Waals surface area contributed by atoms with Crippen molar-refractivity contribution in [2.45, 2.75) is 6.17 Å². The van der Waals surface area contributed by atoms with Crippen LogP contribution in [0.15, 0.2) is 59.6 Å². The summed E-state index contributed by atoms with van der Waals surface area (Å²) >= 11 is 0. The molecule has 2 N–H and O–H groups in total. The Bertz CT molecular complexity index is 728. The van der Waals surface area contributed by atoms with Crippen LogP contribution in [0, 0.1) is 0 Å². The number of benzene rings is 2. The second kappa shape index (κ2) is 6.73. The summed E-state index contributed by atoms with van der Waals surface area (Å²) in [5, 5.41) is 0. The lowest BCUT2D eigenvalue weighted by molar-refractivity contribution is -0.119. The average molecular weight is 309 g/mol. The summed E-state index contributed by atoms with van der Waals surface area (Å²) in [6, 6.07) is 17.5. The van der Waals surface area contributed by atoms with Crippen LogP contribution in [0.25, 0.3) is 0 Å². The monoisotopic (exact) mass is 309 g/mol. The summed E-state index contributed by atoms with van der Waals surface area (Å²) in [4.78, 5) is 18.8. The number of rotatable bonds is 4. The lowest BCUT2D eigenvalue weighted by Gasteiger charge is -2.23. The number of methoxy groups -OCH3 is 1. The van der Waals surface area contributed by atoms with E-state index < -0.39 is 6.17 Å². The Labute approximate surface area is 135 Å². The van der Waals surface area contributed by atoms with E-state index in [0.717, 1.165) is 22.5 Å². The number of nitrogens with two attached hydrogens (primary N) is 1. The van der Waals surface area contributed by atoms with Gasteiger partial charge in [-0.25, -0.2) is 0 Å². The molecule has 5 nitrogen and oxygen atoms in total. The second-order valence-corrected chi connectivity index (χ2v) is 5.29. The van der Waals surface area contributed by atoms with Crippen molar-refractivity contribution < 1.29 is 9.53 Å². The van der Waals surface area contributed by atoms with Crippen LogP contribution in [0.5, 0.6) is 0 Å². The number of carbonyl (C=O) groups is 1. The molecule has 5 heteroatoms. The van der Waals surface area contributed by atoms with Crippen LogP contribution < -0.4 is 10.6 Å². The first-order valence-corrected chi connectivity index (χ1v) is 7.51. The highest BCUT2D eigenvalue weighted by molar-refractivity contribution is 6.20. The molecule has 3 rings (SSSR count). The summed E-state index contributed by atoms with van der Waals surface area (Å²) in [6.07, 6.45) is -0.922. The van der Waals surface area contributed by atoms with Gasteiger partial charge in [-0.3, -0.25) is 9.79 Å². The fraction of sp³-hybridized carbons (Fsp3) is 0.222. The van der Waals surface area contributed by atoms with E-state index in [2.05, 4.69) is 4.99 Å². The van der Waals surface area contributed by atoms with Crippen molar-refractivity contribution in [3.8, 4) is 0 Å². The summed E-state index contributed by atoms with van der Waals surface area (Å²) < 4.78 is 5.12. The zero-order valence-corrected chi connectivity index (χ0v) is 13.0. The number of aliphatic imine (C=N–C) groups is 1. The zero-order valence-electron chi connectivity index (χ0n) is 13.0. The third-order valence-corrected chi connectivity index (χ3v) is 3.80. The summed E-state index contributed by atoms with van der Waals surface area (Å²) in [6.45, 7) is 0.880. The molecule has 0 bridgehead atoms. The first-order chi connectivity index (χ1) is 11.2. The molecule has 1 unspecified atom stereocenters. The van der Waals surface area contributed by atoms with Crippen LogP contribution in [-0.4, -0.2) is 38.0 Å². The SMILES string of the molecule is COCCN1C(=O)C(N)N=C(c2ccccc2)c2ccccc21. The van der Waals surface area contributed by atoms with Gasteiger partial charge >= 0.3 is 0 Å². The standard InChI is InChI=1S/C18H19N3O2/c1-23-12-11-21-15-10-6-5-9-14(15)16(20-17(19)18(21)22)13-7-3-2-4-8-13/h2-10,17H,11-12,19H2,1H3. The number of hydrogen-bond acceptors (Lipinski definition) is 4. The van der Waals surface area contributed by atoms with E-state index in [1.54, 1.807) is 12.0 Å². The van der Waals surface area contributed by atoms with Crippen molar-refractivity contribution >= 4 is 17.3 Å². The molecule has 1 atom stereocenters. The molecule has 1 amide bonds. The minimum atomic E-state index is -0.922. The first kappa shape index (κ1) is 15.4. The van der Waals surface area contributed by atoms with Crippen molar-refractivity contribution in [1.82, 2.24) is 0 Å². The Morgan fingerprint density at radius 1 is 1.13 bits per heavy atom. The van der Waals surface area contributed by atoms with Gasteiger partial charge in [0.05, 0.1) is 18.0 Å². The summed E-state index contributed by atoms with van der Waals surface area (Å²) in [5.74, 6) is -0.222. The maximum absolute atomic E-state index is 12.6. The molecule has 0 fully saturated rings. The van der Waals surface area contributed by atoms with Crippen LogP contribution >= 0.6 is 0 Å². The van der Waals surface area contributed by atoms with Gasteiger partial charge in [-0.2, -0.15) is 0 Å². The van der Waals surface area contributed by atoms with Gasteiger partial charge in [0, 0.05) is 24.8 Å². The quantitative estimate of drug-likeness (QED) is 0.936. The molecular formula is C18H19N3O2. The first-order valence-electron chi connectivity index (χ1n) is 7.51. The number of benzodiazepines with no additional fused rings is 1. The van der Waals surface area contributed by atoms with Crippen molar-refractivity contribution in [2.24, 2.45) is 10.7 Å². The van der Waals surface area contributed by atoms with Gasteiger partial charge in [-0.1, -0.05) is 48.5 Å². The number of ether oxygens (including phenoxy) is 1. The predicted molar refractivity (Wildman–Crippen MR) is 90.7 cm³/mol. The Balaban J connectivity index is 2.14. The van der Waals surface area contributed by atoms with Gasteiger partial charge in [0.25, 0.3) is 5.91 Å². The fourth-order valence-electron chi connectivity index (χ4n) is 2.69. The van der Waals surface area contributed by atoms with E-state index in [1.165, 1.54) is 0 Å². The normalized spacial score (nSPS) is 17.5. The van der Waals surface area contributed by atoms with E-state index in [4.69, 9.17) is 10.5 Å². The zero-order chi connectivity index (χ0) is 16.2. The van der Waals surface area contributed by atoms with Crippen molar-refractivity contribution in [2.75, 3.05) is 25.2 Å². The van der Waals surface area contributed by atoms with Crippen LogP contribution in [0.4, 0.5) is 5.69 Å². The molecule has 23 heavy (non-hydrogen) atoms. The molecule has 118 valence electrons. The minimum absolute atomic E-state index is 0.222. The maximum Gasteiger partial charge on any atom is 0.266 e. The second-order valence-electron chi connectivity index (χ2n) is 5.29. The molecule has 0 spiro atoms. The largest absolute Gasteiger partial charge is 0.383 e. The topological polar surface area (TPSA) is 67.9 Å². The van der Waals surface area contributed by atoms with Crippen molar-refractivity contribution in [3.63, 3.8) is 0 Å². The van der Waals surface area contributed by atoms with Gasteiger partial charge < -0.3 is 15.4 Å². The van der Waals surface area contributed by atoms with E-state index in [9.17, 15) is 4.79 Å². The van der Waals surface area contributed by atoms with Crippen molar-refractivity contribution in [3.05, 3.63) is 65.7 Å². The Hall–Kier alpha value is -2.50. The molecule has 1 aliphatic rings. The smallest absolute Gasteiger partial charge is 0.266 e. The predicted octanol–water partition coefficient (Wildman–Crippen LogP) is 1.80. The molecule has 0 saturated heterocycles. The molecule has 0 aliphatic carbocycles. The molecule has 0 aromatic heterocycles. The van der Waals surface area contributed by atoms with Gasteiger partial charge in [-0.15, -0.1) is 0 Å². The number of hydrogen-bond donors (Lipinski definition) is 1. The summed E-state index contributed by atoms with van der Waals surface area (Å²) in [5.41, 5.74) is 9.42. The van der Waals surface area contributed by atoms with Gasteiger partial charge in [0.1, 0.15) is 0 Å². The Kier molecular flexibility index (Phi) is 4.50. The number of fused-ring (bicyclic) bond motifs is 1. The third-order valence-electron chi connectivity index (χ3n) is 3.80. The highest BCUT2D eigenvalue weighted by Gasteiger charge is 2.29.